The van der Waals surface area contributed by atoms with E-state index in [0.717, 1.165) is 32.1 Å². The Morgan fingerprint density at radius 1 is 0.789 bits per heavy atom. The first-order valence-corrected chi connectivity index (χ1v) is 14.0. The van der Waals surface area contributed by atoms with Crippen LogP contribution in [0.5, 0.6) is 0 Å². The molecule has 0 aliphatic rings. The normalized spacial score (nSPS) is 12.6. The standard InChI is InChI=1S/C32H45N3O3/c1-23(2)29(30(36)33-19-13-7-6-8-14-20-34-31(37)38-32(3,4)5)35-22-28-26-17-11-9-15-24(26)21-25-16-10-12-18-27(25)28/h9-12,15-18,21,23,29,35H,6-8,13-14,19-20,22H2,1-5H3,(H,33,36)(H,34,37)/t29-/m0/s1. The summed E-state index contributed by atoms with van der Waals surface area (Å²) in [5.74, 6) is 0.236. The van der Waals surface area contributed by atoms with Crippen LogP contribution in [0, 0.1) is 5.92 Å². The van der Waals surface area contributed by atoms with Crippen molar-refractivity contribution in [1.82, 2.24) is 16.0 Å². The second kappa shape index (κ2) is 14.1. The second-order valence-electron chi connectivity index (χ2n) is 11.4. The number of carbonyl (C=O) groups excluding carboxylic acids is 2. The van der Waals surface area contributed by atoms with Crippen molar-refractivity contribution in [2.45, 2.75) is 84.9 Å². The quantitative estimate of drug-likeness (QED) is 0.173. The van der Waals surface area contributed by atoms with Crippen molar-refractivity contribution in [1.29, 1.82) is 0 Å². The van der Waals surface area contributed by atoms with Crippen molar-refractivity contribution in [3.8, 4) is 0 Å². The van der Waals surface area contributed by atoms with E-state index in [2.05, 4.69) is 84.4 Å². The summed E-state index contributed by atoms with van der Waals surface area (Å²) in [6.45, 7) is 11.7. The van der Waals surface area contributed by atoms with Gasteiger partial charge < -0.3 is 20.7 Å². The maximum atomic E-state index is 13.0. The van der Waals surface area contributed by atoms with Gasteiger partial charge in [0.05, 0.1) is 6.04 Å². The van der Waals surface area contributed by atoms with Gasteiger partial charge >= 0.3 is 6.09 Å². The van der Waals surface area contributed by atoms with Crippen LogP contribution >= 0.6 is 0 Å². The van der Waals surface area contributed by atoms with Gasteiger partial charge in [0.2, 0.25) is 5.91 Å². The van der Waals surface area contributed by atoms with Crippen molar-refractivity contribution in [3.05, 3.63) is 60.2 Å². The number of hydrogen-bond donors (Lipinski definition) is 3. The number of rotatable bonds is 13. The van der Waals surface area contributed by atoms with Crippen molar-refractivity contribution >= 4 is 33.5 Å². The fourth-order valence-corrected chi connectivity index (χ4v) is 4.75. The highest BCUT2D eigenvalue weighted by Crippen LogP contribution is 2.28. The Morgan fingerprint density at radius 2 is 1.32 bits per heavy atom. The van der Waals surface area contributed by atoms with Crippen LogP contribution in [-0.2, 0) is 16.1 Å². The molecule has 206 valence electrons. The van der Waals surface area contributed by atoms with E-state index in [1.807, 2.05) is 20.8 Å². The molecule has 6 heteroatoms. The van der Waals surface area contributed by atoms with Crippen LogP contribution in [0.25, 0.3) is 21.5 Å². The first-order valence-electron chi connectivity index (χ1n) is 14.0. The third-order valence-corrected chi connectivity index (χ3v) is 6.65. The van der Waals surface area contributed by atoms with E-state index in [1.165, 1.54) is 27.1 Å². The van der Waals surface area contributed by atoms with Gasteiger partial charge in [0.25, 0.3) is 0 Å². The number of unbranched alkanes of at least 4 members (excludes halogenated alkanes) is 4. The fourth-order valence-electron chi connectivity index (χ4n) is 4.75. The van der Waals surface area contributed by atoms with Crippen molar-refractivity contribution < 1.29 is 14.3 Å². The molecule has 1 atom stereocenters. The Kier molecular flexibility index (Phi) is 11.0. The van der Waals surface area contributed by atoms with Gasteiger partial charge in [-0.25, -0.2) is 4.79 Å². The highest BCUT2D eigenvalue weighted by atomic mass is 16.6. The van der Waals surface area contributed by atoms with Crippen LogP contribution in [0.15, 0.2) is 54.6 Å². The molecule has 0 saturated carbocycles. The van der Waals surface area contributed by atoms with E-state index in [1.54, 1.807) is 0 Å². The van der Waals surface area contributed by atoms with Crippen molar-refractivity contribution in [3.63, 3.8) is 0 Å². The van der Waals surface area contributed by atoms with Crippen LogP contribution in [0.3, 0.4) is 0 Å². The molecule has 0 aliphatic carbocycles. The molecule has 0 aromatic heterocycles. The molecule has 2 amide bonds. The van der Waals surface area contributed by atoms with E-state index >= 15 is 0 Å². The zero-order chi connectivity index (χ0) is 27.5. The van der Waals surface area contributed by atoms with E-state index in [4.69, 9.17) is 4.74 Å². The zero-order valence-corrected chi connectivity index (χ0v) is 23.7. The zero-order valence-electron chi connectivity index (χ0n) is 23.7. The number of fused-ring (bicyclic) bond motifs is 2. The summed E-state index contributed by atoms with van der Waals surface area (Å²) in [5.41, 5.74) is 0.765. The number of ether oxygens (including phenoxy) is 1. The van der Waals surface area contributed by atoms with Gasteiger partial charge in [-0.1, -0.05) is 81.6 Å². The maximum absolute atomic E-state index is 13.0. The van der Waals surface area contributed by atoms with Crippen molar-refractivity contribution in [2.75, 3.05) is 13.1 Å². The van der Waals surface area contributed by atoms with Crippen LogP contribution < -0.4 is 16.0 Å². The summed E-state index contributed by atoms with van der Waals surface area (Å²) in [4.78, 5) is 24.7. The lowest BCUT2D eigenvalue weighted by Crippen LogP contribution is -2.47. The molecule has 0 aliphatic heterocycles. The third-order valence-electron chi connectivity index (χ3n) is 6.65. The molecule has 0 unspecified atom stereocenters. The number of carbonyl (C=O) groups is 2. The molecule has 6 nitrogen and oxygen atoms in total. The predicted molar refractivity (Wildman–Crippen MR) is 157 cm³/mol. The van der Waals surface area contributed by atoms with Crippen LogP contribution in [-0.4, -0.2) is 36.7 Å². The van der Waals surface area contributed by atoms with Crippen molar-refractivity contribution in [2.24, 2.45) is 5.92 Å². The molecule has 0 radical (unpaired) electrons. The first kappa shape index (κ1) is 29.4. The minimum atomic E-state index is -0.469. The summed E-state index contributed by atoms with van der Waals surface area (Å²) in [5, 5.41) is 14.4. The highest BCUT2D eigenvalue weighted by Gasteiger charge is 2.22. The molecule has 0 heterocycles. The fraction of sp³-hybridized carbons (Fsp3) is 0.500. The second-order valence-corrected chi connectivity index (χ2v) is 11.4. The third kappa shape index (κ3) is 9.02. The molecular weight excluding hydrogens is 474 g/mol. The lowest BCUT2D eigenvalue weighted by atomic mass is 9.96. The van der Waals surface area contributed by atoms with E-state index in [-0.39, 0.29) is 24.0 Å². The molecule has 3 aromatic carbocycles. The molecule has 0 saturated heterocycles. The van der Waals surface area contributed by atoms with Gasteiger partial charge in [0.1, 0.15) is 5.60 Å². The van der Waals surface area contributed by atoms with Gasteiger partial charge in [-0.15, -0.1) is 0 Å². The SMILES string of the molecule is CC(C)[C@H](NCc1c2ccccc2cc2ccccc12)C(=O)NCCCCCCCNC(=O)OC(C)(C)C. The molecule has 3 rings (SSSR count). The minimum absolute atomic E-state index is 0.0612. The van der Waals surface area contributed by atoms with Gasteiger partial charge in [0.15, 0.2) is 0 Å². The van der Waals surface area contributed by atoms with Crippen LogP contribution in [0.2, 0.25) is 0 Å². The topological polar surface area (TPSA) is 79.5 Å². The Balaban J connectivity index is 1.42. The van der Waals surface area contributed by atoms with Gasteiger partial charge in [-0.05, 0) is 72.7 Å². The molecular formula is C32H45N3O3. The average Bonchev–Trinajstić information content (AvgIpc) is 2.86. The lowest BCUT2D eigenvalue weighted by molar-refractivity contribution is -0.124. The number of hydrogen-bond acceptors (Lipinski definition) is 4. The average molecular weight is 520 g/mol. The van der Waals surface area contributed by atoms with Crippen LogP contribution in [0.4, 0.5) is 4.79 Å². The summed E-state index contributed by atoms with van der Waals surface area (Å²) >= 11 is 0. The molecule has 0 spiro atoms. The van der Waals surface area contributed by atoms with E-state index in [9.17, 15) is 9.59 Å². The maximum Gasteiger partial charge on any atom is 0.407 e. The molecule has 3 aromatic rings. The number of nitrogens with one attached hydrogen (secondary N) is 3. The number of benzene rings is 3. The molecule has 0 fully saturated rings. The summed E-state index contributed by atoms with van der Waals surface area (Å²) < 4.78 is 5.24. The van der Waals surface area contributed by atoms with E-state index in [0.29, 0.717) is 19.6 Å². The minimum Gasteiger partial charge on any atom is -0.444 e. The Hall–Kier alpha value is -3.12. The summed E-state index contributed by atoms with van der Waals surface area (Å²) in [6, 6.07) is 18.9. The highest BCUT2D eigenvalue weighted by molar-refractivity contribution is 6.02. The number of alkyl carbamates (subject to hydrolysis) is 1. The van der Waals surface area contributed by atoms with Gasteiger partial charge in [-0.3, -0.25) is 4.79 Å². The van der Waals surface area contributed by atoms with Gasteiger partial charge in [0, 0.05) is 19.6 Å². The van der Waals surface area contributed by atoms with E-state index < -0.39 is 5.60 Å². The largest absolute Gasteiger partial charge is 0.444 e. The molecule has 0 bridgehead atoms. The lowest BCUT2D eigenvalue weighted by Gasteiger charge is -2.23. The Bertz CT molecular complexity index is 1150. The number of amides is 2. The Morgan fingerprint density at radius 3 is 1.87 bits per heavy atom. The Labute approximate surface area is 227 Å². The van der Waals surface area contributed by atoms with Gasteiger partial charge in [-0.2, -0.15) is 0 Å². The predicted octanol–water partition coefficient (Wildman–Crippen LogP) is 6.70. The van der Waals surface area contributed by atoms with Crippen LogP contribution in [0.1, 0.15) is 72.3 Å². The first-order chi connectivity index (χ1) is 18.2. The smallest absolute Gasteiger partial charge is 0.407 e. The molecule has 3 N–H and O–H groups in total. The molecule has 38 heavy (non-hydrogen) atoms. The summed E-state index contributed by atoms with van der Waals surface area (Å²) in [6.07, 6.45) is 4.68. The monoisotopic (exact) mass is 519 g/mol. The summed E-state index contributed by atoms with van der Waals surface area (Å²) in [7, 11) is 0.